The highest BCUT2D eigenvalue weighted by Gasteiger charge is 2.28. The number of hydrogen-bond acceptors (Lipinski definition) is 3. The lowest BCUT2D eigenvalue weighted by molar-refractivity contribution is 0.185. The number of ether oxygens (including phenoxy) is 1. The van der Waals surface area contributed by atoms with Crippen molar-refractivity contribution in [2.24, 2.45) is 0 Å². The number of methoxy groups -OCH3 is 1. The number of likely N-dealkylation sites (tertiary alicyclic amines) is 1. The molecule has 0 radical (unpaired) electrons. The van der Waals surface area contributed by atoms with Crippen LogP contribution in [0.4, 0.5) is 4.79 Å². The second-order valence-corrected chi connectivity index (χ2v) is 6.62. The molecule has 0 bridgehead atoms. The summed E-state index contributed by atoms with van der Waals surface area (Å²) >= 11 is 0. The number of nitrogens with one attached hydrogen (secondary N) is 2. The van der Waals surface area contributed by atoms with Gasteiger partial charge < -0.3 is 19.9 Å². The van der Waals surface area contributed by atoms with Crippen LogP contribution in [0.25, 0.3) is 10.9 Å². The molecule has 2 amide bonds. The molecular weight excluding hydrogens is 330 g/mol. The van der Waals surface area contributed by atoms with Crippen LogP contribution in [-0.2, 0) is 13.1 Å². The maximum atomic E-state index is 12.6. The number of fused-ring (bicyclic) bond motifs is 1. The van der Waals surface area contributed by atoms with Gasteiger partial charge in [-0.1, -0.05) is 0 Å². The number of urea groups is 1. The zero-order chi connectivity index (χ0) is 17.9. The van der Waals surface area contributed by atoms with E-state index in [1.165, 1.54) is 0 Å². The summed E-state index contributed by atoms with van der Waals surface area (Å²) in [6, 6.07) is 10.0. The molecule has 26 heavy (non-hydrogen) atoms. The first-order chi connectivity index (χ1) is 12.7. The van der Waals surface area contributed by atoms with Gasteiger partial charge in [-0.15, -0.1) is 0 Å². The standard InChI is InChI=1S/C19H23N5O2/c1-26-17-5-6-18-14(11-17)10-15(22-18)12-20-19(25)24-9-2-4-16(24)13-23-8-3-7-21-23/h3,5-8,10-11,16,22H,2,4,9,12-13H2,1H3,(H,20,25)/t16-/m1/s1. The van der Waals surface area contributed by atoms with Crippen LogP contribution in [0.2, 0.25) is 0 Å². The Hall–Kier alpha value is -2.96. The number of aromatic amines is 1. The van der Waals surface area contributed by atoms with E-state index in [1.54, 1.807) is 13.3 Å². The molecule has 0 unspecified atom stereocenters. The monoisotopic (exact) mass is 353 g/mol. The van der Waals surface area contributed by atoms with Crippen LogP contribution in [-0.4, -0.2) is 45.4 Å². The van der Waals surface area contributed by atoms with Gasteiger partial charge in [0.25, 0.3) is 0 Å². The van der Waals surface area contributed by atoms with Crippen molar-refractivity contribution in [3.63, 3.8) is 0 Å². The number of carbonyl (C=O) groups excluding carboxylic acids is 1. The fraction of sp³-hybridized carbons (Fsp3) is 0.368. The summed E-state index contributed by atoms with van der Waals surface area (Å²) in [5, 5.41) is 8.36. The highest BCUT2D eigenvalue weighted by Crippen LogP contribution is 2.22. The second-order valence-electron chi connectivity index (χ2n) is 6.62. The average molecular weight is 353 g/mol. The van der Waals surface area contributed by atoms with Crippen molar-refractivity contribution in [3.8, 4) is 5.75 Å². The van der Waals surface area contributed by atoms with Crippen LogP contribution in [0.1, 0.15) is 18.5 Å². The predicted molar refractivity (Wildman–Crippen MR) is 99.0 cm³/mol. The fourth-order valence-corrected chi connectivity index (χ4v) is 3.58. The molecule has 1 atom stereocenters. The van der Waals surface area contributed by atoms with E-state index in [9.17, 15) is 4.79 Å². The van der Waals surface area contributed by atoms with Gasteiger partial charge in [-0.05, 0) is 43.2 Å². The average Bonchev–Trinajstić information content (AvgIpc) is 3.39. The zero-order valence-electron chi connectivity index (χ0n) is 14.8. The van der Waals surface area contributed by atoms with Crippen LogP contribution in [0.5, 0.6) is 5.75 Å². The molecule has 7 nitrogen and oxygen atoms in total. The molecule has 136 valence electrons. The summed E-state index contributed by atoms with van der Waals surface area (Å²) in [7, 11) is 1.66. The Morgan fingerprint density at radius 3 is 3.15 bits per heavy atom. The summed E-state index contributed by atoms with van der Waals surface area (Å²) < 4.78 is 7.14. The van der Waals surface area contributed by atoms with E-state index in [0.29, 0.717) is 6.54 Å². The molecule has 1 aromatic carbocycles. The number of H-pyrrole nitrogens is 1. The molecule has 0 spiro atoms. The lowest BCUT2D eigenvalue weighted by Crippen LogP contribution is -2.44. The van der Waals surface area contributed by atoms with Gasteiger partial charge in [0.05, 0.1) is 26.2 Å². The van der Waals surface area contributed by atoms with Gasteiger partial charge in [0.15, 0.2) is 0 Å². The van der Waals surface area contributed by atoms with Gasteiger partial charge in [0.1, 0.15) is 5.75 Å². The Bertz CT molecular complexity index is 887. The molecule has 3 heterocycles. The largest absolute Gasteiger partial charge is 0.497 e. The number of aromatic nitrogens is 3. The number of benzene rings is 1. The van der Waals surface area contributed by atoms with Crippen LogP contribution in [0.3, 0.4) is 0 Å². The van der Waals surface area contributed by atoms with Crippen LogP contribution in [0.15, 0.2) is 42.7 Å². The van der Waals surface area contributed by atoms with Crippen molar-refractivity contribution in [1.82, 2.24) is 25.0 Å². The second kappa shape index (κ2) is 7.11. The normalized spacial score (nSPS) is 17.0. The molecule has 2 N–H and O–H groups in total. The highest BCUT2D eigenvalue weighted by molar-refractivity contribution is 5.82. The molecular formula is C19H23N5O2. The first kappa shape index (κ1) is 16.5. The zero-order valence-corrected chi connectivity index (χ0v) is 14.8. The van der Waals surface area contributed by atoms with Crippen molar-refractivity contribution in [3.05, 3.63) is 48.4 Å². The van der Waals surface area contributed by atoms with E-state index in [-0.39, 0.29) is 12.1 Å². The number of hydrogen-bond donors (Lipinski definition) is 2. The Morgan fingerprint density at radius 1 is 1.42 bits per heavy atom. The molecule has 1 fully saturated rings. The van der Waals surface area contributed by atoms with Gasteiger partial charge in [0, 0.05) is 35.5 Å². The number of amides is 2. The number of carbonyl (C=O) groups is 1. The Labute approximate surface area is 151 Å². The SMILES string of the molecule is COc1ccc2[nH]c(CNC(=O)N3CCC[C@@H]3Cn3cccn3)cc2c1. The van der Waals surface area contributed by atoms with Crippen LogP contribution < -0.4 is 10.1 Å². The number of rotatable bonds is 5. The molecule has 2 aromatic heterocycles. The lowest BCUT2D eigenvalue weighted by atomic mass is 10.2. The molecule has 1 aliphatic rings. The van der Waals surface area contributed by atoms with Gasteiger partial charge in [-0.2, -0.15) is 5.10 Å². The summed E-state index contributed by atoms with van der Waals surface area (Å²) in [6.07, 6.45) is 5.75. The molecule has 4 rings (SSSR count). The third-order valence-electron chi connectivity index (χ3n) is 4.91. The minimum absolute atomic E-state index is 0.0177. The molecule has 0 aliphatic carbocycles. The van der Waals surface area contributed by atoms with Gasteiger partial charge in [0.2, 0.25) is 0 Å². The van der Waals surface area contributed by atoms with Crippen molar-refractivity contribution < 1.29 is 9.53 Å². The maximum Gasteiger partial charge on any atom is 0.318 e. The van der Waals surface area contributed by atoms with E-state index in [0.717, 1.165) is 48.3 Å². The van der Waals surface area contributed by atoms with Crippen LogP contribution in [0, 0.1) is 0 Å². The Morgan fingerprint density at radius 2 is 2.35 bits per heavy atom. The van der Waals surface area contributed by atoms with Gasteiger partial charge in [-0.3, -0.25) is 4.68 Å². The molecule has 1 saturated heterocycles. The third-order valence-corrected chi connectivity index (χ3v) is 4.91. The van der Waals surface area contributed by atoms with Crippen molar-refractivity contribution in [2.75, 3.05) is 13.7 Å². The summed E-state index contributed by atoms with van der Waals surface area (Å²) in [6.45, 7) is 2.01. The van der Waals surface area contributed by atoms with Crippen molar-refractivity contribution in [2.45, 2.75) is 32.0 Å². The van der Waals surface area contributed by atoms with Gasteiger partial charge >= 0.3 is 6.03 Å². The van der Waals surface area contributed by atoms with Crippen LogP contribution >= 0.6 is 0 Å². The molecule has 0 saturated carbocycles. The lowest BCUT2D eigenvalue weighted by Gasteiger charge is -2.24. The smallest absolute Gasteiger partial charge is 0.318 e. The topological polar surface area (TPSA) is 75.2 Å². The predicted octanol–water partition coefficient (Wildman–Crippen LogP) is 2.75. The summed E-state index contributed by atoms with van der Waals surface area (Å²) in [5.41, 5.74) is 2.01. The maximum absolute atomic E-state index is 12.6. The van der Waals surface area contributed by atoms with Crippen molar-refractivity contribution >= 4 is 16.9 Å². The van der Waals surface area contributed by atoms with Gasteiger partial charge in [-0.25, -0.2) is 4.79 Å². The van der Waals surface area contributed by atoms with E-state index in [4.69, 9.17) is 4.74 Å². The van der Waals surface area contributed by atoms with E-state index >= 15 is 0 Å². The Balaban J connectivity index is 1.38. The quantitative estimate of drug-likeness (QED) is 0.741. The van der Waals surface area contributed by atoms with E-state index < -0.39 is 0 Å². The number of nitrogens with zero attached hydrogens (tertiary/aromatic N) is 3. The highest BCUT2D eigenvalue weighted by atomic mass is 16.5. The molecule has 3 aromatic rings. The summed E-state index contributed by atoms with van der Waals surface area (Å²) in [5.74, 6) is 0.825. The molecule has 7 heteroatoms. The fourth-order valence-electron chi connectivity index (χ4n) is 3.58. The first-order valence-corrected chi connectivity index (χ1v) is 8.90. The molecule has 1 aliphatic heterocycles. The summed E-state index contributed by atoms with van der Waals surface area (Å²) in [4.78, 5) is 17.9. The van der Waals surface area contributed by atoms with E-state index in [2.05, 4.69) is 15.4 Å². The Kier molecular flexibility index (Phi) is 4.51. The van der Waals surface area contributed by atoms with E-state index in [1.807, 2.05) is 46.1 Å². The first-order valence-electron chi connectivity index (χ1n) is 8.90. The third kappa shape index (κ3) is 3.37. The minimum Gasteiger partial charge on any atom is -0.497 e. The minimum atomic E-state index is -0.0177. The van der Waals surface area contributed by atoms with Crippen molar-refractivity contribution in [1.29, 1.82) is 0 Å².